The molecule has 0 aromatic carbocycles. The molecule has 1 N–H and O–H groups in total. The molecule has 1 aromatic heterocycles. The molecule has 0 bridgehead atoms. The molecule has 1 aromatic rings. The number of nitrogens with one attached hydrogen (secondary N) is 1. The Morgan fingerprint density at radius 1 is 1.90 bits per heavy atom. The third kappa shape index (κ3) is 1.54. The lowest BCUT2D eigenvalue weighted by atomic mass is 10.4. The summed E-state index contributed by atoms with van der Waals surface area (Å²) in [5, 5.41) is 3.16. The second kappa shape index (κ2) is 3.31. The fourth-order valence-corrected chi connectivity index (χ4v) is 1.30. The Balaban J connectivity index is 2.67. The van der Waals surface area contributed by atoms with Crippen LogP contribution in [-0.4, -0.2) is 11.4 Å². The van der Waals surface area contributed by atoms with Crippen molar-refractivity contribution in [2.75, 3.05) is 5.32 Å². The normalized spacial score (nSPS) is 9.30. The number of carbonyl (C=O) groups is 1. The summed E-state index contributed by atoms with van der Waals surface area (Å²) in [6.45, 7) is 2.05. The van der Waals surface area contributed by atoms with Crippen LogP contribution in [0, 0.1) is 0 Å². The lowest BCUT2D eigenvalue weighted by molar-refractivity contribution is -0.105. The second-order valence-corrected chi connectivity index (χ2v) is 2.86. The van der Waals surface area contributed by atoms with E-state index in [0.29, 0.717) is 11.5 Å². The second-order valence-electron chi connectivity index (χ2n) is 1.75. The maximum Gasteiger partial charge on any atom is 0.213 e. The van der Waals surface area contributed by atoms with Gasteiger partial charge < -0.3 is 5.32 Å². The van der Waals surface area contributed by atoms with Gasteiger partial charge in [-0.1, -0.05) is 6.92 Å². The summed E-state index contributed by atoms with van der Waals surface area (Å²) < 4.78 is 0. The highest BCUT2D eigenvalue weighted by Gasteiger charge is 1.96. The number of hydrogen-bond acceptors (Lipinski definition) is 3. The van der Waals surface area contributed by atoms with Crippen LogP contribution in [0.4, 0.5) is 5.13 Å². The van der Waals surface area contributed by atoms with Crippen molar-refractivity contribution < 1.29 is 4.79 Å². The number of thiazole rings is 1. The Morgan fingerprint density at radius 3 is 3.20 bits per heavy atom. The van der Waals surface area contributed by atoms with Crippen molar-refractivity contribution in [1.29, 1.82) is 0 Å². The minimum absolute atomic E-state index is 0.637. The minimum Gasteiger partial charge on any atom is -0.305 e. The molecule has 0 saturated heterocycles. The first-order valence-corrected chi connectivity index (χ1v) is 3.83. The van der Waals surface area contributed by atoms with Crippen LogP contribution in [0.5, 0.6) is 0 Å². The van der Waals surface area contributed by atoms with Gasteiger partial charge in [-0.3, -0.25) is 4.79 Å². The van der Waals surface area contributed by atoms with Gasteiger partial charge in [0.25, 0.3) is 0 Å². The van der Waals surface area contributed by atoms with Gasteiger partial charge in [0, 0.05) is 11.1 Å². The summed E-state index contributed by atoms with van der Waals surface area (Å²) in [6, 6.07) is 0. The van der Waals surface area contributed by atoms with E-state index in [0.717, 1.165) is 6.42 Å². The molecule has 0 radical (unpaired) electrons. The third-order valence-electron chi connectivity index (χ3n) is 1.08. The SMILES string of the molecule is CCc1cnc(NC=O)s1. The van der Waals surface area contributed by atoms with Crippen LogP contribution in [0.15, 0.2) is 6.20 Å². The zero-order valence-corrected chi connectivity index (χ0v) is 6.44. The Morgan fingerprint density at radius 2 is 2.70 bits per heavy atom. The van der Waals surface area contributed by atoms with E-state index < -0.39 is 0 Å². The summed E-state index contributed by atoms with van der Waals surface area (Å²) >= 11 is 1.50. The van der Waals surface area contributed by atoms with Crippen LogP contribution in [0.25, 0.3) is 0 Å². The molecule has 1 rings (SSSR count). The minimum atomic E-state index is 0.637. The maximum absolute atomic E-state index is 9.93. The van der Waals surface area contributed by atoms with Gasteiger partial charge in [0.1, 0.15) is 0 Å². The van der Waals surface area contributed by atoms with E-state index in [4.69, 9.17) is 0 Å². The smallest absolute Gasteiger partial charge is 0.213 e. The van der Waals surface area contributed by atoms with Crippen molar-refractivity contribution >= 4 is 22.9 Å². The third-order valence-corrected chi connectivity index (χ3v) is 2.16. The lowest BCUT2D eigenvalue weighted by Gasteiger charge is -1.85. The van der Waals surface area contributed by atoms with E-state index in [1.165, 1.54) is 16.2 Å². The Labute approximate surface area is 63.1 Å². The fraction of sp³-hybridized carbons (Fsp3) is 0.333. The first-order valence-electron chi connectivity index (χ1n) is 3.01. The van der Waals surface area contributed by atoms with Gasteiger partial charge in [-0.25, -0.2) is 4.98 Å². The highest BCUT2D eigenvalue weighted by atomic mass is 32.1. The number of nitrogens with zero attached hydrogens (tertiary/aromatic N) is 1. The molecule has 1 heterocycles. The van der Waals surface area contributed by atoms with Crippen LogP contribution in [0.2, 0.25) is 0 Å². The van der Waals surface area contributed by atoms with Gasteiger partial charge in [-0.2, -0.15) is 0 Å². The largest absolute Gasteiger partial charge is 0.305 e. The van der Waals surface area contributed by atoms with Crippen LogP contribution >= 0.6 is 11.3 Å². The molecule has 0 unspecified atom stereocenters. The van der Waals surface area contributed by atoms with Crippen molar-refractivity contribution in [3.8, 4) is 0 Å². The van der Waals surface area contributed by atoms with Crippen LogP contribution in [0.1, 0.15) is 11.8 Å². The van der Waals surface area contributed by atoms with Crippen molar-refractivity contribution in [2.24, 2.45) is 0 Å². The van der Waals surface area contributed by atoms with Gasteiger partial charge in [-0.05, 0) is 6.42 Å². The van der Waals surface area contributed by atoms with Crippen molar-refractivity contribution in [3.63, 3.8) is 0 Å². The topological polar surface area (TPSA) is 42.0 Å². The van der Waals surface area contributed by atoms with Crippen molar-refractivity contribution in [3.05, 3.63) is 11.1 Å². The number of amides is 1. The van der Waals surface area contributed by atoms with E-state index in [-0.39, 0.29) is 0 Å². The molecule has 0 spiro atoms. The van der Waals surface area contributed by atoms with Gasteiger partial charge in [0.2, 0.25) is 6.41 Å². The van der Waals surface area contributed by atoms with Crippen LogP contribution in [-0.2, 0) is 11.2 Å². The molecule has 0 atom stereocenters. The molecule has 0 aliphatic rings. The summed E-state index contributed by atoms with van der Waals surface area (Å²) in [5.74, 6) is 0. The van der Waals surface area contributed by atoms with Crippen LogP contribution in [0.3, 0.4) is 0 Å². The molecule has 0 fully saturated rings. The predicted molar refractivity (Wildman–Crippen MR) is 41.2 cm³/mol. The number of aromatic nitrogens is 1. The average molecular weight is 156 g/mol. The molecule has 0 saturated carbocycles. The van der Waals surface area contributed by atoms with Gasteiger partial charge in [0.05, 0.1) is 0 Å². The number of aryl methyl sites for hydroxylation is 1. The molecular formula is C6H8N2OS. The van der Waals surface area contributed by atoms with Gasteiger partial charge in [0.15, 0.2) is 5.13 Å². The number of rotatable bonds is 3. The maximum atomic E-state index is 9.93. The molecular weight excluding hydrogens is 148 g/mol. The first-order chi connectivity index (χ1) is 4.86. The Bertz CT molecular complexity index is 221. The average Bonchev–Trinajstić information content (AvgIpc) is 2.37. The summed E-state index contributed by atoms with van der Waals surface area (Å²) in [5.41, 5.74) is 0. The van der Waals surface area contributed by atoms with Crippen molar-refractivity contribution in [1.82, 2.24) is 4.98 Å². The summed E-state index contributed by atoms with van der Waals surface area (Å²) in [4.78, 5) is 15.1. The first kappa shape index (κ1) is 7.21. The molecule has 4 heteroatoms. The standard InChI is InChI=1S/C6H8N2OS/c1-2-5-3-7-6(10-5)8-4-9/h3-4H,2H2,1H3,(H,7,8,9). The van der Waals surface area contributed by atoms with E-state index in [2.05, 4.69) is 17.2 Å². The molecule has 54 valence electrons. The molecule has 10 heavy (non-hydrogen) atoms. The van der Waals surface area contributed by atoms with E-state index in [9.17, 15) is 4.79 Å². The van der Waals surface area contributed by atoms with Crippen LogP contribution < -0.4 is 5.32 Å². The zero-order valence-electron chi connectivity index (χ0n) is 5.63. The number of carbonyl (C=O) groups excluding carboxylic acids is 1. The van der Waals surface area contributed by atoms with E-state index in [1.54, 1.807) is 6.20 Å². The predicted octanol–water partition coefficient (Wildman–Crippen LogP) is 1.27. The highest BCUT2D eigenvalue weighted by Crippen LogP contribution is 2.16. The van der Waals surface area contributed by atoms with Gasteiger partial charge in [-0.15, -0.1) is 11.3 Å². The lowest BCUT2D eigenvalue weighted by Crippen LogP contribution is -1.90. The van der Waals surface area contributed by atoms with Crippen molar-refractivity contribution in [2.45, 2.75) is 13.3 Å². The van der Waals surface area contributed by atoms with Gasteiger partial charge >= 0.3 is 0 Å². The van der Waals surface area contributed by atoms with E-state index >= 15 is 0 Å². The Hall–Kier alpha value is -0.900. The number of hydrogen-bond donors (Lipinski definition) is 1. The zero-order chi connectivity index (χ0) is 7.40. The van der Waals surface area contributed by atoms with E-state index in [1.807, 2.05) is 0 Å². The number of anilines is 1. The monoisotopic (exact) mass is 156 g/mol. The molecule has 3 nitrogen and oxygen atoms in total. The summed E-state index contributed by atoms with van der Waals surface area (Å²) in [6.07, 6.45) is 3.38. The molecule has 0 aliphatic heterocycles. The Kier molecular flexibility index (Phi) is 2.39. The molecule has 0 aliphatic carbocycles. The quantitative estimate of drug-likeness (QED) is 0.670. The fourth-order valence-electron chi connectivity index (χ4n) is 0.588. The molecule has 1 amide bonds. The summed E-state index contributed by atoms with van der Waals surface area (Å²) in [7, 11) is 0. The highest BCUT2D eigenvalue weighted by molar-refractivity contribution is 7.15.